The topological polar surface area (TPSA) is 51.5 Å². The summed E-state index contributed by atoms with van der Waals surface area (Å²) in [6, 6.07) is 22.3. The van der Waals surface area contributed by atoms with Gasteiger partial charge in [0, 0.05) is 22.5 Å². The summed E-state index contributed by atoms with van der Waals surface area (Å²) in [6.45, 7) is 2.98. The number of hydrogen-bond acceptors (Lipinski definition) is 4. The molecule has 1 heterocycles. The van der Waals surface area contributed by atoms with Gasteiger partial charge in [-0.2, -0.15) is 0 Å². The lowest BCUT2D eigenvalue weighted by atomic mass is 10.1. The lowest BCUT2D eigenvalue weighted by molar-refractivity contribution is 0.101. The second-order valence-electron chi connectivity index (χ2n) is 6.53. The maximum Gasteiger partial charge on any atom is 0.230 e. The van der Waals surface area contributed by atoms with Crippen LogP contribution in [0.4, 0.5) is 5.69 Å². The molecule has 0 aliphatic carbocycles. The highest BCUT2D eigenvalue weighted by Gasteiger charge is 2.22. The zero-order chi connectivity index (χ0) is 20.2. The van der Waals surface area contributed by atoms with Crippen LogP contribution in [0.15, 0.2) is 77.2 Å². The first-order valence-electron chi connectivity index (χ1n) is 9.43. The summed E-state index contributed by atoms with van der Waals surface area (Å²) >= 11 is 6.28. The minimum Gasteiger partial charge on any atom is -0.494 e. The smallest absolute Gasteiger partial charge is 0.230 e. The van der Waals surface area contributed by atoms with Gasteiger partial charge in [-0.05, 0) is 55.0 Å². The van der Waals surface area contributed by atoms with Crippen LogP contribution in [0.3, 0.4) is 0 Å². The van der Waals surface area contributed by atoms with Crippen molar-refractivity contribution in [2.24, 2.45) is 0 Å². The van der Waals surface area contributed by atoms with E-state index in [-0.39, 0.29) is 11.5 Å². The van der Waals surface area contributed by atoms with Crippen LogP contribution in [-0.2, 0) is 6.54 Å². The summed E-state index contributed by atoms with van der Waals surface area (Å²) in [5.74, 6) is 0.819. The Kier molecular flexibility index (Phi) is 5.54. The maximum absolute atomic E-state index is 13.2. The summed E-state index contributed by atoms with van der Waals surface area (Å²) in [4.78, 5) is 13.2. The van der Waals surface area contributed by atoms with Crippen molar-refractivity contribution in [1.82, 2.24) is 0 Å². The Hall–Kier alpha value is -3.24. The third kappa shape index (κ3) is 3.98. The zero-order valence-electron chi connectivity index (χ0n) is 15.9. The van der Waals surface area contributed by atoms with Gasteiger partial charge in [-0.15, -0.1) is 0 Å². The molecule has 146 valence electrons. The van der Waals surface area contributed by atoms with Crippen LogP contribution < -0.4 is 10.1 Å². The van der Waals surface area contributed by atoms with Crippen LogP contribution >= 0.6 is 11.6 Å². The fourth-order valence-corrected chi connectivity index (χ4v) is 3.41. The number of ether oxygens (including phenoxy) is 1. The summed E-state index contributed by atoms with van der Waals surface area (Å²) < 4.78 is 11.4. The van der Waals surface area contributed by atoms with E-state index in [9.17, 15) is 4.79 Å². The van der Waals surface area contributed by atoms with Crippen molar-refractivity contribution in [1.29, 1.82) is 0 Å². The molecule has 4 nitrogen and oxygen atoms in total. The maximum atomic E-state index is 13.2. The summed E-state index contributed by atoms with van der Waals surface area (Å²) in [6.07, 6.45) is 0. The third-order valence-corrected chi connectivity index (χ3v) is 5.01. The number of carbonyl (C=O) groups excluding carboxylic acids is 1. The highest BCUT2D eigenvalue weighted by molar-refractivity contribution is 6.31. The van der Waals surface area contributed by atoms with E-state index < -0.39 is 0 Å². The average Bonchev–Trinajstić information content (AvgIpc) is 3.12. The fraction of sp³-hybridized carbons (Fsp3) is 0.125. The molecule has 4 aromatic rings. The second-order valence-corrected chi connectivity index (χ2v) is 6.94. The molecule has 1 aromatic heterocycles. The number of benzene rings is 3. The Labute approximate surface area is 174 Å². The van der Waals surface area contributed by atoms with E-state index in [2.05, 4.69) is 5.32 Å². The van der Waals surface area contributed by atoms with Gasteiger partial charge in [0.15, 0.2) is 5.76 Å². The summed E-state index contributed by atoms with van der Waals surface area (Å²) in [5.41, 5.74) is 2.80. The molecular weight excluding hydrogens is 386 g/mol. The van der Waals surface area contributed by atoms with Crippen molar-refractivity contribution in [2.75, 3.05) is 11.9 Å². The van der Waals surface area contributed by atoms with Crippen molar-refractivity contribution in [3.63, 3.8) is 0 Å². The summed E-state index contributed by atoms with van der Waals surface area (Å²) in [7, 11) is 0. The van der Waals surface area contributed by atoms with Crippen LogP contribution in [0, 0.1) is 0 Å². The molecule has 0 aliphatic rings. The molecule has 0 spiro atoms. The first kappa shape index (κ1) is 19.1. The highest BCUT2D eigenvalue weighted by Crippen LogP contribution is 2.33. The normalized spacial score (nSPS) is 10.8. The van der Waals surface area contributed by atoms with E-state index in [0.29, 0.717) is 35.0 Å². The van der Waals surface area contributed by atoms with Crippen molar-refractivity contribution in [3.05, 3.63) is 94.7 Å². The van der Waals surface area contributed by atoms with Crippen LogP contribution in [0.2, 0.25) is 5.02 Å². The van der Waals surface area contributed by atoms with Crippen molar-refractivity contribution < 1.29 is 13.9 Å². The average molecular weight is 406 g/mol. The van der Waals surface area contributed by atoms with Gasteiger partial charge in [0.1, 0.15) is 11.3 Å². The Morgan fingerprint density at radius 2 is 1.72 bits per heavy atom. The van der Waals surface area contributed by atoms with E-state index in [4.69, 9.17) is 20.8 Å². The Balaban J connectivity index is 1.69. The van der Waals surface area contributed by atoms with Gasteiger partial charge in [-0.1, -0.05) is 41.9 Å². The number of anilines is 1. The quantitative estimate of drug-likeness (QED) is 0.365. The predicted molar refractivity (Wildman–Crippen MR) is 116 cm³/mol. The Morgan fingerprint density at radius 1 is 1.00 bits per heavy atom. The van der Waals surface area contributed by atoms with E-state index >= 15 is 0 Å². The largest absolute Gasteiger partial charge is 0.494 e. The number of fused-ring (bicyclic) bond motifs is 1. The lowest BCUT2D eigenvalue weighted by Crippen LogP contribution is -2.06. The lowest BCUT2D eigenvalue weighted by Gasteiger charge is -2.09. The van der Waals surface area contributed by atoms with E-state index in [1.807, 2.05) is 55.5 Å². The Morgan fingerprint density at radius 3 is 2.48 bits per heavy atom. The van der Waals surface area contributed by atoms with Crippen LogP contribution in [-0.4, -0.2) is 12.4 Å². The number of carbonyl (C=O) groups is 1. The molecule has 5 heteroatoms. The van der Waals surface area contributed by atoms with Crippen LogP contribution in [0.1, 0.15) is 28.6 Å². The van der Waals surface area contributed by atoms with Crippen molar-refractivity contribution >= 4 is 34.0 Å². The van der Waals surface area contributed by atoms with Gasteiger partial charge in [0.25, 0.3) is 0 Å². The number of halogens is 1. The first-order chi connectivity index (χ1) is 14.2. The number of rotatable bonds is 7. The summed E-state index contributed by atoms with van der Waals surface area (Å²) in [5, 5.41) is 4.88. The number of ketones is 1. The number of para-hydroxylation sites is 1. The molecule has 0 saturated carbocycles. The minimum absolute atomic E-state index is 0.189. The molecule has 4 rings (SSSR count). The van der Waals surface area contributed by atoms with Crippen LogP contribution in [0.5, 0.6) is 5.75 Å². The van der Waals surface area contributed by atoms with Gasteiger partial charge >= 0.3 is 0 Å². The molecule has 1 N–H and O–H groups in total. The number of nitrogens with one attached hydrogen (secondary N) is 1. The third-order valence-electron chi connectivity index (χ3n) is 4.64. The van der Waals surface area contributed by atoms with Gasteiger partial charge in [-0.3, -0.25) is 4.79 Å². The molecule has 0 unspecified atom stereocenters. The molecule has 0 amide bonds. The molecule has 0 atom stereocenters. The monoisotopic (exact) mass is 405 g/mol. The highest BCUT2D eigenvalue weighted by atomic mass is 35.5. The zero-order valence-corrected chi connectivity index (χ0v) is 16.7. The molecule has 0 fully saturated rings. The van der Waals surface area contributed by atoms with E-state index in [1.54, 1.807) is 24.3 Å². The fourth-order valence-electron chi connectivity index (χ4n) is 3.21. The van der Waals surface area contributed by atoms with Gasteiger partial charge in [-0.25, -0.2) is 0 Å². The molecule has 29 heavy (non-hydrogen) atoms. The SMILES string of the molecule is CCOc1ccc(C(=O)c2oc3ccccc3c2NCc2ccccc2Cl)cc1. The predicted octanol–water partition coefficient (Wildman–Crippen LogP) is 6.33. The number of furan rings is 1. The van der Waals surface area contributed by atoms with Gasteiger partial charge in [0.2, 0.25) is 5.78 Å². The minimum atomic E-state index is -0.189. The molecule has 0 radical (unpaired) electrons. The van der Waals surface area contributed by atoms with Crippen LogP contribution in [0.25, 0.3) is 11.0 Å². The van der Waals surface area contributed by atoms with E-state index in [1.165, 1.54) is 0 Å². The molecule has 0 aliphatic heterocycles. The second kappa shape index (κ2) is 8.41. The van der Waals surface area contributed by atoms with Crippen molar-refractivity contribution in [3.8, 4) is 5.75 Å². The molecule has 3 aromatic carbocycles. The Bertz CT molecular complexity index is 1150. The molecule has 0 bridgehead atoms. The van der Waals surface area contributed by atoms with Crippen molar-refractivity contribution in [2.45, 2.75) is 13.5 Å². The first-order valence-corrected chi connectivity index (χ1v) is 9.81. The molecular formula is C24H20ClNO3. The van der Waals surface area contributed by atoms with Gasteiger partial charge < -0.3 is 14.5 Å². The molecule has 0 saturated heterocycles. The standard InChI is InChI=1S/C24H20ClNO3/c1-2-28-18-13-11-16(12-14-18)23(27)24-22(19-8-4-6-10-21(19)29-24)26-15-17-7-3-5-9-20(17)25/h3-14,26H,2,15H2,1H3. The van der Waals surface area contributed by atoms with E-state index in [0.717, 1.165) is 16.7 Å². The number of hydrogen-bond donors (Lipinski definition) is 1. The van der Waals surface area contributed by atoms with Gasteiger partial charge in [0.05, 0.1) is 12.3 Å².